The van der Waals surface area contributed by atoms with Crippen LogP contribution in [-0.4, -0.2) is 36.1 Å². The van der Waals surface area contributed by atoms with Crippen molar-refractivity contribution in [2.75, 3.05) is 25.5 Å². The molecule has 1 aromatic carbocycles. The van der Waals surface area contributed by atoms with E-state index in [2.05, 4.69) is 36.5 Å². The van der Waals surface area contributed by atoms with Gasteiger partial charge in [0, 0.05) is 23.8 Å². The number of rotatable bonds is 7. The fourth-order valence-corrected chi connectivity index (χ4v) is 2.53. The van der Waals surface area contributed by atoms with E-state index in [1.807, 2.05) is 13.8 Å². The molecule has 128 valence electrons. The van der Waals surface area contributed by atoms with E-state index < -0.39 is 0 Å². The third-order valence-corrected chi connectivity index (χ3v) is 4.12. The van der Waals surface area contributed by atoms with E-state index >= 15 is 0 Å². The summed E-state index contributed by atoms with van der Waals surface area (Å²) in [6.45, 7) is 5.09. The number of hydrogen-bond acceptors (Lipinski definition) is 5. The number of ether oxygens (including phenoxy) is 1. The molecule has 0 spiro atoms. The number of aryl methyl sites for hydroxylation is 2. The van der Waals surface area contributed by atoms with E-state index in [-0.39, 0.29) is 5.91 Å². The van der Waals surface area contributed by atoms with Crippen LogP contribution in [0.15, 0.2) is 28.9 Å². The Kier molecular flexibility index (Phi) is 6.54. The maximum absolute atomic E-state index is 12.2. The van der Waals surface area contributed by atoms with Gasteiger partial charge in [0.15, 0.2) is 0 Å². The first-order chi connectivity index (χ1) is 11.5. The highest BCUT2D eigenvalue weighted by Crippen LogP contribution is 2.22. The second kappa shape index (κ2) is 8.63. The zero-order chi connectivity index (χ0) is 17.5. The van der Waals surface area contributed by atoms with Crippen LogP contribution in [0.5, 0.6) is 5.75 Å². The minimum absolute atomic E-state index is 0.132. The average molecular weight is 393 g/mol. The van der Waals surface area contributed by atoms with Crippen molar-refractivity contribution in [3.63, 3.8) is 0 Å². The van der Waals surface area contributed by atoms with Gasteiger partial charge in [-0.25, -0.2) is 4.98 Å². The topological polar surface area (TPSA) is 76.1 Å². The Morgan fingerprint density at radius 1 is 1.29 bits per heavy atom. The monoisotopic (exact) mass is 392 g/mol. The van der Waals surface area contributed by atoms with Crippen LogP contribution in [-0.2, 0) is 0 Å². The molecule has 2 N–H and O–H groups in total. The lowest BCUT2D eigenvalue weighted by Gasteiger charge is -2.10. The molecule has 0 atom stereocenters. The molecule has 0 aliphatic carbocycles. The van der Waals surface area contributed by atoms with E-state index in [0.717, 1.165) is 28.1 Å². The Morgan fingerprint density at radius 3 is 2.83 bits per heavy atom. The number of nitrogens with zero attached hydrogens (tertiary/aromatic N) is 2. The van der Waals surface area contributed by atoms with Crippen molar-refractivity contribution < 1.29 is 9.53 Å². The highest BCUT2D eigenvalue weighted by molar-refractivity contribution is 9.10. The molecule has 6 nitrogen and oxygen atoms in total. The van der Waals surface area contributed by atoms with Crippen LogP contribution >= 0.6 is 15.9 Å². The van der Waals surface area contributed by atoms with Crippen LogP contribution < -0.4 is 15.4 Å². The number of benzene rings is 1. The second-order valence-electron chi connectivity index (χ2n) is 5.33. The molecule has 0 radical (unpaired) electrons. The van der Waals surface area contributed by atoms with Crippen LogP contribution in [0, 0.1) is 13.8 Å². The van der Waals surface area contributed by atoms with Gasteiger partial charge >= 0.3 is 0 Å². The van der Waals surface area contributed by atoms with E-state index in [1.54, 1.807) is 31.5 Å². The first kappa shape index (κ1) is 18.2. The minimum atomic E-state index is -0.132. The highest BCUT2D eigenvalue weighted by Gasteiger charge is 2.10. The summed E-state index contributed by atoms with van der Waals surface area (Å²) in [5.74, 6) is 1.31. The summed E-state index contributed by atoms with van der Waals surface area (Å²) < 4.78 is 5.89. The molecular formula is C17H21BrN4O2. The van der Waals surface area contributed by atoms with Crippen molar-refractivity contribution in [1.29, 1.82) is 0 Å². The normalized spacial score (nSPS) is 10.3. The summed E-state index contributed by atoms with van der Waals surface area (Å²) in [5.41, 5.74) is 2.30. The third-order valence-electron chi connectivity index (χ3n) is 3.43. The molecule has 0 fully saturated rings. The molecule has 7 heteroatoms. The number of amides is 1. The molecule has 2 rings (SSSR count). The summed E-state index contributed by atoms with van der Waals surface area (Å²) in [6, 6.07) is 5.31. The predicted molar refractivity (Wildman–Crippen MR) is 97.6 cm³/mol. The average Bonchev–Trinajstić information content (AvgIpc) is 2.57. The Bertz CT molecular complexity index is 722. The van der Waals surface area contributed by atoms with Gasteiger partial charge in [0.1, 0.15) is 11.6 Å². The molecule has 1 aromatic heterocycles. The molecule has 0 bridgehead atoms. The number of carbonyl (C=O) groups excluding carboxylic acids is 1. The van der Waals surface area contributed by atoms with E-state index in [1.165, 1.54) is 0 Å². The maximum atomic E-state index is 12.2. The third kappa shape index (κ3) is 4.92. The van der Waals surface area contributed by atoms with Gasteiger partial charge in [-0.05, 0) is 54.4 Å². The summed E-state index contributed by atoms with van der Waals surface area (Å²) in [5, 5.41) is 6.15. The van der Waals surface area contributed by atoms with Gasteiger partial charge in [-0.15, -0.1) is 0 Å². The lowest BCUT2D eigenvalue weighted by atomic mass is 10.2. The van der Waals surface area contributed by atoms with Crippen molar-refractivity contribution in [2.24, 2.45) is 0 Å². The zero-order valence-corrected chi connectivity index (χ0v) is 15.6. The van der Waals surface area contributed by atoms with Crippen LogP contribution in [0.1, 0.15) is 28.2 Å². The lowest BCUT2D eigenvalue weighted by Crippen LogP contribution is -2.26. The van der Waals surface area contributed by atoms with Crippen molar-refractivity contribution in [3.05, 3.63) is 45.8 Å². The molecule has 0 unspecified atom stereocenters. The molecule has 0 saturated heterocycles. The van der Waals surface area contributed by atoms with Gasteiger partial charge in [0.25, 0.3) is 5.91 Å². The molecule has 0 saturated carbocycles. The fourth-order valence-electron chi connectivity index (χ4n) is 2.10. The quantitative estimate of drug-likeness (QED) is 0.707. The second-order valence-corrected chi connectivity index (χ2v) is 6.18. The fraction of sp³-hybridized carbons (Fsp3) is 0.353. The molecule has 0 aliphatic rings. The minimum Gasteiger partial charge on any atom is -0.497 e. The van der Waals surface area contributed by atoms with Crippen molar-refractivity contribution in [1.82, 2.24) is 15.3 Å². The molecule has 0 aliphatic heterocycles. The number of nitrogens with one attached hydrogen (secondary N) is 2. The predicted octanol–water partition coefficient (Wildman–Crippen LogP) is 3.10. The van der Waals surface area contributed by atoms with Gasteiger partial charge in [-0.3, -0.25) is 9.78 Å². The zero-order valence-electron chi connectivity index (χ0n) is 14.0. The first-order valence-electron chi connectivity index (χ1n) is 7.67. The molecule has 1 heterocycles. The molecule has 1 amide bonds. The highest BCUT2D eigenvalue weighted by atomic mass is 79.9. The van der Waals surface area contributed by atoms with Crippen LogP contribution in [0.4, 0.5) is 5.82 Å². The maximum Gasteiger partial charge on any atom is 0.252 e. The lowest BCUT2D eigenvalue weighted by molar-refractivity contribution is 0.0952. The molecular weight excluding hydrogens is 372 g/mol. The van der Waals surface area contributed by atoms with Gasteiger partial charge < -0.3 is 15.4 Å². The number of aromatic nitrogens is 2. The van der Waals surface area contributed by atoms with Gasteiger partial charge in [0.2, 0.25) is 0 Å². The SMILES string of the molecule is COc1ccc(Br)c(C(=O)NCCCNc2nc(C)cnc2C)c1. The Hall–Kier alpha value is -2.15. The van der Waals surface area contributed by atoms with Crippen LogP contribution in [0.25, 0.3) is 0 Å². The van der Waals surface area contributed by atoms with Gasteiger partial charge in [0.05, 0.1) is 24.1 Å². The smallest absolute Gasteiger partial charge is 0.252 e. The van der Waals surface area contributed by atoms with Crippen molar-refractivity contribution in [3.8, 4) is 5.75 Å². The summed E-state index contributed by atoms with van der Waals surface area (Å²) in [6.07, 6.45) is 2.52. The van der Waals surface area contributed by atoms with Crippen LogP contribution in [0.2, 0.25) is 0 Å². The van der Waals surface area contributed by atoms with Crippen molar-refractivity contribution in [2.45, 2.75) is 20.3 Å². The Balaban J connectivity index is 1.80. The summed E-state index contributed by atoms with van der Waals surface area (Å²) in [7, 11) is 1.58. The molecule has 24 heavy (non-hydrogen) atoms. The molecule has 2 aromatic rings. The van der Waals surface area contributed by atoms with Crippen LogP contribution in [0.3, 0.4) is 0 Å². The summed E-state index contributed by atoms with van der Waals surface area (Å²) in [4.78, 5) is 20.9. The van der Waals surface area contributed by atoms with E-state index in [0.29, 0.717) is 24.4 Å². The number of halogens is 1. The number of hydrogen-bond donors (Lipinski definition) is 2. The summed E-state index contributed by atoms with van der Waals surface area (Å²) >= 11 is 3.38. The van der Waals surface area contributed by atoms with E-state index in [4.69, 9.17) is 4.74 Å². The number of carbonyl (C=O) groups is 1. The first-order valence-corrected chi connectivity index (χ1v) is 8.46. The van der Waals surface area contributed by atoms with Gasteiger partial charge in [-0.1, -0.05) is 0 Å². The number of anilines is 1. The van der Waals surface area contributed by atoms with E-state index in [9.17, 15) is 4.79 Å². The Morgan fingerprint density at radius 2 is 2.08 bits per heavy atom. The van der Waals surface area contributed by atoms with Crippen molar-refractivity contribution >= 4 is 27.7 Å². The number of methoxy groups -OCH3 is 1. The largest absolute Gasteiger partial charge is 0.497 e. The van der Waals surface area contributed by atoms with Gasteiger partial charge in [-0.2, -0.15) is 0 Å². The Labute approximate surface area is 150 Å². The standard InChI is InChI=1S/C17H21BrN4O2/c1-11-10-21-12(2)16(22-11)19-7-4-8-20-17(23)14-9-13(24-3)5-6-15(14)18/h5-6,9-10H,4,7-8H2,1-3H3,(H,19,22)(H,20,23).